The van der Waals surface area contributed by atoms with E-state index in [2.05, 4.69) is 6.58 Å². The standard InChI is InChI=1S/C20H24O9/c1-4-10-24-19(23)28-18-14(21)16(27-17(22)12-8-6-5-7-9-12)15-13(26-18)11-25-20(2,3)29-15/h4-9,13-16,18,21H,1,10-11H2,2-3H3/t13-,14-,15-,16-,18+/m1/s1. The largest absolute Gasteiger partial charge is 0.511 e. The minimum atomic E-state index is -1.51. The Morgan fingerprint density at radius 2 is 2.00 bits per heavy atom. The Labute approximate surface area is 168 Å². The molecule has 1 aromatic carbocycles. The number of esters is 1. The van der Waals surface area contributed by atoms with E-state index in [0.29, 0.717) is 5.56 Å². The van der Waals surface area contributed by atoms with Crippen molar-refractivity contribution in [2.45, 2.75) is 50.3 Å². The maximum Gasteiger partial charge on any atom is 0.511 e. The zero-order chi connectivity index (χ0) is 21.0. The second-order valence-corrected chi connectivity index (χ2v) is 7.03. The van der Waals surface area contributed by atoms with Gasteiger partial charge in [0.2, 0.25) is 6.29 Å². The molecule has 0 bridgehead atoms. The van der Waals surface area contributed by atoms with E-state index < -0.39 is 48.6 Å². The Kier molecular flexibility index (Phi) is 6.53. The Hall–Kier alpha value is -2.46. The Morgan fingerprint density at radius 3 is 2.69 bits per heavy atom. The van der Waals surface area contributed by atoms with E-state index in [1.807, 2.05) is 0 Å². The summed E-state index contributed by atoms with van der Waals surface area (Å²) in [6.45, 7) is 6.84. The number of hydrogen-bond acceptors (Lipinski definition) is 9. The molecule has 1 N–H and O–H groups in total. The number of rotatable bonds is 5. The number of carbonyl (C=O) groups is 2. The van der Waals surface area contributed by atoms with Crippen LogP contribution in [0.2, 0.25) is 0 Å². The monoisotopic (exact) mass is 408 g/mol. The minimum Gasteiger partial charge on any atom is -0.453 e. The number of fused-ring (bicyclic) bond motifs is 1. The lowest BCUT2D eigenvalue weighted by atomic mass is 9.97. The van der Waals surface area contributed by atoms with Gasteiger partial charge in [-0.15, -0.1) is 0 Å². The summed E-state index contributed by atoms with van der Waals surface area (Å²) in [6.07, 6.45) is -5.36. The quantitative estimate of drug-likeness (QED) is 0.576. The molecule has 0 unspecified atom stereocenters. The second kappa shape index (κ2) is 8.91. The summed E-state index contributed by atoms with van der Waals surface area (Å²) in [6, 6.07) is 8.31. The molecule has 29 heavy (non-hydrogen) atoms. The van der Waals surface area contributed by atoms with Crippen LogP contribution < -0.4 is 0 Å². The fourth-order valence-electron chi connectivity index (χ4n) is 3.07. The van der Waals surface area contributed by atoms with Crippen LogP contribution >= 0.6 is 0 Å². The molecule has 5 atom stereocenters. The minimum absolute atomic E-state index is 0.0689. The third kappa shape index (κ3) is 5.13. The summed E-state index contributed by atoms with van der Waals surface area (Å²) in [4.78, 5) is 24.3. The molecule has 0 radical (unpaired) electrons. The molecule has 9 nitrogen and oxygen atoms in total. The molecule has 2 aliphatic heterocycles. The number of aliphatic hydroxyl groups is 1. The van der Waals surface area contributed by atoms with E-state index in [1.54, 1.807) is 44.2 Å². The van der Waals surface area contributed by atoms with Crippen LogP contribution in [0.25, 0.3) is 0 Å². The fraction of sp³-hybridized carbons (Fsp3) is 0.500. The molecule has 0 saturated carbocycles. The molecular formula is C20H24O9. The molecule has 2 fully saturated rings. The predicted octanol–water partition coefficient (Wildman–Crippen LogP) is 1.79. The Bertz CT molecular complexity index is 733. The van der Waals surface area contributed by atoms with Gasteiger partial charge in [-0.1, -0.05) is 30.9 Å². The van der Waals surface area contributed by atoms with Crippen LogP contribution in [0.4, 0.5) is 4.79 Å². The van der Waals surface area contributed by atoms with Crippen LogP contribution in [0, 0.1) is 0 Å². The number of benzene rings is 1. The third-order valence-corrected chi connectivity index (χ3v) is 4.41. The van der Waals surface area contributed by atoms with Crippen molar-refractivity contribution < 1.29 is 43.1 Å². The first-order valence-corrected chi connectivity index (χ1v) is 9.16. The highest BCUT2D eigenvalue weighted by atomic mass is 16.8. The lowest BCUT2D eigenvalue weighted by Gasteiger charge is -2.48. The van der Waals surface area contributed by atoms with Crippen molar-refractivity contribution in [3.8, 4) is 0 Å². The van der Waals surface area contributed by atoms with E-state index in [4.69, 9.17) is 28.4 Å². The molecule has 0 spiro atoms. The molecule has 0 aromatic heterocycles. The molecular weight excluding hydrogens is 384 g/mol. The van der Waals surface area contributed by atoms with Crippen molar-refractivity contribution in [2.75, 3.05) is 13.2 Å². The Balaban J connectivity index is 1.78. The first kappa shape index (κ1) is 21.3. The highest BCUT2D eigenvalue weighted by molar-refractivity contribution is 5.89. The summed E-state index contributed by atoms with van der Waals surface area (Å²) in [5.74, 6) is -1.63. The lowest BCUT2D eigenvalue weighted by molar-refractivity contribution is -0.376. The normalized spacial score (nSPS) is 30.5. The molecule has 1 aromatic rings. The smallest absolute Gasteiger partial charge is 0.453 e. The highest BCUT2D eigenvalue weighted by Gasteiger charge is 2.54. The summed E-state index contributed by atoms with van der Waals surface area (Å²) in [7, 11) is 0. The molecule has 0 amide bonds. The second-order valence-electron chi connectivity index (χ2n) is 7.03. The molecule has 2 heterocycles. The maximum atomic E-state index is 12.6. The van der Waals surface area contributed by atoms with Gasteiger partial charge in [-0.3, -0.25) is 0 Å². The molecule has 158 valence electrons. The van der Waals surface area contributed by atoms with Crippen molar-refractivity contribution in [1.82, 2.24) is 0 Å². The molecule has 9 heteroatoms. The average molecular weight is 408 g/mol. The van der Waals surface area contributed by atoms with Gasteiger partial charge in [0.25, 0.3) is 0 Å². The number of ether oxygens (including phenoxy) is 6. The number of carbonyl (C=O) groups excluding carboxylic acids is 2. The number of hydrogen-bond donors (Lipinski definition) is 1. The van der Waals surface area contributed by atoms with Crippen LogP contribution in [0.5, 0.6) is 0 Å². The van der Waals surface area contributed by atoms with Crippen LogP contribution in [0.3, 0.4) is 0 Å². The van der Waals surface area contributed by atoms with Gasteiger partial charge in [0, 0.05) is 0 Å². The van der Waals surface area contributed by atoms with Crippen LogP contribution in [-0.2, 0) is 28.4 Å². The van der Waals surface area contributed by atoms with Crippen LogP contribution in [-0.4, -0.2) is 66.9 Å². The van der Waals surface area contributed by atoms with Gasteiger partial charge in [-0.2, -0.15) is 0 Å². The van der Waals surface area contributed by atoms with Gasteiger partial charge in [0.15, 0.2) is 18.0 Å². The van der Waals surface area contributed by atoms with Crippen molar-refractivity contribution in [3.63, 3.8) is 0 Å². The zero-order valence-electron chi connectivity index (χ0n) is 16.2. The van der Waals surface area contributed by atoms with Crippen LogP contribution in [0.1, 0.15) is 24.2 Å². The Morgan fingerprint density at radius 1 is 1.28 bits per heavy atom. The van der Waals surface area contributed by atoms with E-state index in [-0.39, 0.29) is 13.2 Å². The third-order valence-electron chi connectivity index (χ3n) is 4.41. The predicted molar refractivity (Wildman–Crippen MR) is 97.8 cm³/mol. The van der Waals surface area contributed by atoms with Gasteiger partial charge in [-0.25, -0.2) is 9.59 Å². The maximum absolute atomic E-state index is 12.6. The van der Waals surface area contributed by atoms with Crippen molar-refractivity contribution in [2.24, 2.45) is 0 Å². The number of aliphatic hydroxyl groups excluding tert-OH is 1. The van der Waals surface area contributed by atoms with E-state index in [1.165, 1.54) is 6.08 Å². The SMILES string of the molecule is C=CCOC(=O)O[C@@H]1O[C@@H]2COC(C)(C)O[C@H]2[C@H](OC(=O)c2ccccc2)[C@H]1O. The summed E-state index contributed by atoms with van der Waals surface area (Å²) in [5, 5.41) is 10.7. The highest BCUT2D eigenvalue weighted by Crippen LogP contribution is 2.34. The van der Waals surface area contributed by atoms with Gasteiger partial charge >= 0.3 is 12.1 Å². The van der Waals surface area contributed by atoms with Gasteiger partial charge in [0.05, 0.1) is 12.2 Å². The fourth-order valence-corrected chi connectivity index (χ4v) is 3.07. The lowest BCUT2D eigenvalue weighted by Crippen LogP contribution is -2.65. The van der Waals surface area contributed by atoms with E-state index >= 15 is 0 Å². The molecule has 0 aliphatic carbocycles. The van der Waals surface area contributed by atoms with Gasteiger partial charge in [-0.05, 0) is 26.0 Å². The van der Waals surface area contributed by atoms with E-state index in [0.717, 1.165) is 0 Å². The van der Waals surface area contributed by atoms with Crippen molar-refractivity contribution in [1.29, 1.82) is 0 Å². The average Bonchev–Trinajstić information content (AvgIpc) is 2.70. The van der Waals surface area contributed by atoms with Crippen molar-refractivity contribution >= 4 is 12.1 Å². The summed E-state index contributed by atoms with van der Waals surface area (Å²) >= 11 is 0. The molecule has 2 aliphatic rings. The molecule has 2 saturated heterocycles. The van der Waals surface area contributed by atoms with Gasteiger partial charge in [0.1, 0.15) is 18.8 Å². The first-order chi connectivity index (χ1) is 13.8. The molecule has 3 rings (SSSR count). The topological polar surface area (TPSA) is 110 Å². The van der Waals surface area contributed by atoms with E-state index in [9.17, 15) is 14.7 Å². The summed E-state index contributed by atoms with van der Waals surface area (Å²) < 4.78 is 32.4. The summed E-state index contributed by atoms with van der Waals surface area (Å²) in [5.41, 5.74) is 0.303. The zero-order valence-corrected chi connectivity index (χ0v) is 16.2. The van der Waals surface area contributed by atoms with Crippen LogP contribution in [0.15, 0.2) is 43.0 Å². The van der Waals surface area contributed by atoms with Gasteiger partial charge < -0.3 is 33.5 Å². The van der Waals surface area contributed by atoms with Crippen molar-refractivity contribution in [3.05, 3.63) is 48.6 Å². The first-order valence-electron chi connectivity index (χ1n) is 9.16.